The Morgan fingerprint density at radius 1 is 1.07 bits per heavy atom. The van der Waals surface area contributed by atoms with Gasteiger partial charge < -0.3 is 25.3 Å². The summed E-state index contributed by atoms with van der Waals surface area (Å²) in [6.45, 7) is 5.49. The second-order valence-electron chi connectivity index (χ2n) is 7.50. The van der Waals surface area contributed by atoms with Crippen LogP contribution in [0.2, 0.25) is 0 Å². The third kappa shape index (κ3) is 10.8. The molecule has 4 N–H and O–H groups in total. The van der Waals surface area contributed by atoms with Gasteiger partial charge in [-0.3, -0.25) is 9.59 Å². The van der Waals surface area contributed by atoms with E-state index in [2.05, 4.69) is 14.8 Å². The molecule has 1 aromatic rings. The quantitative estimate of drug-likeness (QED) is 0.454. The minimum atomic E-state index is -4.19. The van der Waals surface area contributed by atoms with E-state index in [1.165, 1.54) is 24.3 Å². The summed E-state index contributed by atoms with van der Waals surface area (Å²) < 4.78 is 33.5. The van der Waals surface area contributed by atoms with Crippen molar-refractivity contribution in [2.24, 2.45) is 5.73 Å². The van der Waals surface area contributed by atoms with Gasteiger partial charge in [0.25, 0.3) is 0 Å². The molecule has 10 nitrogen and oxygen atoms in total. The number of hydrogen-bond acceptors (Lipinski definition) is 8. The smallest absolute Gasteiger partial charge is 0.407 e. The molecule has 0 saturated carbocycles. The average molecular weight is 444 g/mol. The number of hydrogen-bond donors (Lipinski definition) is 3. The standard InChI is InChI=1S/C19H29N3O7S/c1-19(2,3)28-18(25)22-12-10-16(23)21-11-9-14(20)13-17(24)29-30(26,27)15-7-5-4-6-8-15/h4-8,14H,9-13,20H2,1-3H3,(H,21,23)(H,22,25). The van der Waals surface area contributed by atoms with Crippen LogP contribution in [0, 0.1) is 0 Å². The van der Waals surface area contributed by atoms with Crippen molar-refractivity contribution in [2.75, 3.05) is 13.1 Å². The Bertz CT molecular complexity index is 820. The second-order valence-corrected chi connectivity index (χ2v) is 9.05. The van der Waals surface area contributed by atoms with Crippen LogP contribution in [0.1, 0.15) is 40.0 Å². The molecule has 0 heterocycles. The number of rotatable bonds is 10. The van der Waals surface area contributed by atoms with Crippen molar-refractivity contribution in [3.8, 4) is 0 Å². The first kappa shape index (κ1) is 25.4. The van der Waals surface area contributed by atoms with Gasteiger partial charge in [0.1, 0.15) is 10.5 Å². The van der Waals surface area contributed by atoms with E-state index in [4.69, 9.17) is 10.5 Å². The van der Waals surface area contributed by atoms with Crippen molar-refractivity contribution < 1.29 is 31.7 Å². The first-order valence-corrected chi connectivity index (χ1v) is 10.8. The lowest BCUT2D eigenvalue weighted by Gasteiger charge is -2.19. The van der Waals surface area contributed by atoms with Gasteiger partial charge in [-0.15, -0.1) is 0 Å². The molecule has 0 spiro atoms. The van der Waals surface area contributed by atoms with Gasteiger partial charge in [0, 0.05) is 25.6 Å². The summed E-state index contributed by atoms with van der Waals surface area (Å²) in [5.74, 6) is -1.29. The molecule has 30 heavy (non-hydrogen) atoms. The fourth-order valence-corrected chi connectivity index (χ4v) is 3.08. The van der Waals surface area contributed by atoms with Crippen LogP contribution in [0.15, 0.2) is 35.2 Å². The van der Waals surface area contributed by atoms with Crippen LogP contribution in [-0.2, 0) is 28.6 Å². The summed E-state index contributed by atoms with van der Waals surface area (Å²) in [4.78, 5) is 34.9. The molecule has 0 saturated heterocycles. The zero-order valence-electron chi connectivity index (χ0n) is 17.3. The Kier molecular flexibility index (Phi) is 9.73. The molecule has 168 valence electrons. The van der Waals surface area contributed by atoms with E-state index >= 15 is 0 Å². The summed E-state index contributed by atoms with van der Waals surface area (Å²) in [6, 6.07) is 6.60. The number of carbonyl (C=O) groups is 3. The van der Waals surface area contributed by atoms with Gasteiger partial charge in [0.15, 0.2) is 0 Å². The highest BCUT2D eigenvalue weighted by molar-refractivity contribution is 7.87. The number of benzene rings is 1. The SMILES string of the molecule is CC(C)(C)OC(=O)NCCC(=O)NCCC(N)CC(=O)OS(=O)(=O)c1ccccc1. The van der Waals surface area contributed by atoms with Crippen molar-refractivity contribution in [3.05, 3.63) is 30.3 Å². The maximum Gasteiger partial charge on any atom is 0.407 e. The van der Waals surface area contributed by atoms with Crippen LogP contribution in [0.4, 0.5) is 4.79 Å². The number of amides is 2. The summed E-state index contributed by atoms with van der Waals surface area (Å²) in [7, 11) is -4.19. The number of nitrogens with two attached hydrogens (primary N) is 1. The molecule has 0 fully saturated rings. The van der Waals surface area contributed by atoms with Gasteiger partial charge in [-0.05, 0) is 39.3 Å². The molecule has 0 aliphatic rings. The van der Waals surface area contributed by atoms with E-state index in [1.54, 1.807) is 26.8 Å². The molecule has 0 bridgehead atoms. The molecule has 0 radical (unpaired) electrons. The Morgan fingerprint density at radius 3 is 2.30 bits per heavy atom. The van der Waals surface area contributed by atoms with Crippen LogP contribution >= 0.6 is 0 Å². The Balaban J connectivity index is 2.25. The van der Waals surface area contributed by atoms with Crippen LogP contribution in [0.3, 0.4) is 0 Å². The molecule has 1 aromatic carbocycles. The Hall–Kier alpha value is -2.66. The zero-order chi connectivity index (χ0) is 22.8. The van der Waals surface area contributed by atoms with Crippen LogP contribution in [0.25, 0.3) is 0 Å². The van der Waals surface area contributed by atoms with Crippen LogP contribution in [-0.4, -0.2) is 51.1 Å². The van der Waals surface area contributed by atoms with Gasteiger partial charge in [-0.25, -0.2) is 4.79 Å². The lowest BCUT2D eigenvalue weighted by atomic mass is 10.1. The predicted octanol–water partition coefficient (Wildman–Crippen LogP) is 1.06. The average Bonchev–Trinajstić information content (AvgIpc) is 2.60. The van der Waals surface area contributed by atoms with Crippen molar-refractivity contribution in [3.63, 3.8) is 0 Å². The third-order valence-corrected chi connectivity index (χ3v) is 4.78. The molecule has 0 aliphatic heterocycles. The van der Waals surface area contributed by atoms with Crippen molar-refractivity contribution in [2.45, 2.75) is 56.6 Å². The summed E-state index contributed by atoms with van der Waals surface area (Å²) >= 11 is 0. The van der Waals surface area contributed by atoms with Crippen molar-refractivity contribution >= 4 is 28.1 Å². The number of alkyl carbamates (subject to hydrolysis) is 1. The van der Waals surface area contributed by atoms with Gasteiger partial charge in [0.05, 0.1) is 6.42 Å². The van der Waals surface area contributed by atoms with E-state index in [9.17, 15) is 22.8 Å². The molecule has 1 unspecified atom stereocenters. The van der Waals surface area contributed by atoms with Gasteiger partial charge in [-0.1, -0.05) is 18.2 Å². The highest BCUT2D eigenvalue weighted by Crippen LogP contribution is 2.12. The number of ether oxygens (including phenoxy) is 1. The minimum absolute atomic E-state index is 0.0475. The van der Waals surface area contributed by atoms with Crippen LogP contribution in [0.5, 0.6) is 0 Å². The van der Waals surface area contributed by atoms with Crippen LogP contribution < -0.4 is 16.4 Å². The maximum atomic E-state index is 12.0. The second kappa shape index (κ2) is 11.5. The number of carbonyl (C=O) groups excluding carboxylic acids is 3. The minimum Gasteiger partial charge on any atom is -0.444 e. The van der Waals surface area contributed by atoms with Gasteiger partial charge in [-0.2, -0.15) is 8.42 Å². The predicted molar refractivity (Wildman–Crippen MR) is 109 cm³/mol. The first-order valence-electron chi connectivity index (χ1n) is 9.40. The first-order chi connectivity index (χ1) is 13.9. The van der Waals surface area contributed by atoms with Crippen molar-refractivity contribution in [1.29, 1.82) is 0 Å². The highest BCUT2D eigenvalue weighted by Gasteiger charge is 2.21. The maximum absolute atomic E-state index is 12.0. The lowest BCUT2D eigenvalue weighted by Crippen LogP contribution is -2.36. The van der Waals surface area contributed by atoms with Gasteiger partial charge >= 0.3 is 22.2 Å². The summed E-state index contributed by atoms with van der Waals surface area (Å²) in [5.41, 5.74) is 5.18. The molecular formula is C19H29N3O7S. The normalized spacial score (nSPS) is 12.5. The molecule has 0 aliphatic carbocycles. The van der Waals surface area contributed by atoms with Crippen molar-refractivity contribution in [1.82, 2.24) is 10.6 Å². The fraction of sp³-hybridized carbons (Fsp3) is 0.526. The van der Waals surface area contributed by atoms with Gasteiger partial charge in [0.2, 0.25) is 5.91 Å². The lowest BCUT2D eigenvalue weighted by molar-refractivity contribution is -0.134. The summed E-state index contributed by atoms with van der Waals surface area (Å²) in [6.07, 6.45) is -0.638. The highest BCUT2D eigenvalue weighted by atomic mass is 32.2. The topological polar surface area (TPSA) is 154 Å². The third-order valence-electron chi connectivity index (χ3n) is 3.52. The molecule has 11 heteroatoms. The Morgan fingerprint density at radius 2 is 1.70 bits per heavy atom. The van der Waals surface area contributed by atoms with E-state index in [0.717, 1.165) is 0 Å². The molecule has 1 atom stereocenters. The monoisotopic (exact) mass is 443 g/mol. The summed E-state index contributed by atoms with van der Waals surface area (Å²) in [5, 5.41) is 5.07. The largest absolute Gasteiger partial charge is 0.444 e. The zero-order valence-corrected chi connectivity index (χ0v) is 18.2. The molecule has 0 aromatic heterocycles. The molecule has 1 rings (SSSR count). The van der Waals surface area contributed by atoms with E-state index < -0.39 is 33.8 Å². The molecular weight excluding hydrogens is 414 g/mol. The van der Waals surface area contributed by atoms with E-state index in [1.807, 2.05) is 0 Å². The van der Waals surface area contributed by atoms with E-state index in [0.29, 0.717) is 0 Å². The molecule has 2 amide bonds. The van der Waals surface area contributed by atoms with E-state index in [-0.39, 0.29) is 43.2 Å². The fourth-order valence-electron chi connectivity index (χ4n) is 2.19. The number of nitrogens with one attached hydrogen (secondary N) is 2. The Labute approximate surface area is 176 Å².